The zero-order valence-electron chi connectivity index (χ0n) is 23.8. The van der Waals surface area contributed by atoms with Crippen LogP contribution in [-0.4, -0.2) is 45.9 Å². The Morgan fingerprint density at radius 3 is 1.93 bits per heavy atom. The van der Waals surface area contributed by atoms with E-state index in [0.717, 1.165) is 38.2 Å². The van der Waals surface area contributed by atoms with Crippen molar-refractivity contribution in [1.82, 2.24) is 5.32 Å². The Bertz CT molecular complexity index is 1240. The number of benzene rings is 3. The summed E-state index contributed by atoms with van der Waals surface area (Å²) < 4.78 is 13.0. The van der Waals surface area contributed by atoms with Gasteiger partial charge in [-0.05, 0) is 58.4 Å². The molecular weight excluding hydrogens is 516 g/mol. The monoisotopic (exact) mass is 556 g/mol. The Morgan fingerprint density at radius 1 is 0.825 bits per heavy atom. The van der Waals surface area contributed by atoms with Gasteiger partial charge in [0.25, 0.3) is 14.2 Å². The molecule has 2 fully saturated rings. The minimum atomic E-state index is -2.52. The molecule has 210 valence electrons. The molecule has 0 aliphatic carbocycles. The number of imide groups is 1. The Hall–Kier alpha value is -3.42. The van der Waals surface area contributed by atoms with Crippen molar-refractivity contribution in [1.29, 1.82) is 0 Å². The fraction of sp³-hybridized carbons (Fsp3) is 0.394. The lowest BCUT2D eigenvalue weighted by Gasteiger charge is -2.44. The Morgan fingerprint density at radius 2 is 1.40 bits per heavy atom. The lowest BCUT2D eigenvalue weighted by atomic mass is 9.97. The predicted octanol–water partition coefficient (Wildman–Crippen LogP) is 4.66. The second-order valence-corrected chi connectivity index (χ2v) is 16.3. The van der Waals surface area contributed by atoms with Gasteiger partial charge in [0.2, 0.25) is 5.91 Å². The highest BCUT2D eigenvalue weighted by molar-refractivity contribution is 6.99. The molecule has 1 unspecified atom stereocenters. The van der Waals surface area contributed by atoms with E-state index in [2.05, 4.69) is 104 Å². The van der Waals surface area contributed by atoms with E-state index in [9.17, 15) is 9.59 Å². The average molecular weight is 557 g/mol. The molecule has 3 aromatic carbocycles. The van der Waals surface area contributed by atoms with Gasteiger partial charge in [-0.15, -0.1) is 0 Å². The molecule has 0 bridgehead atoms. The summed E-state index contributed by atoms with van der Waals surface area (Å²) in [5, 5.41) is 4.97. The molecular formula is C33H40N2O4Si. The van der Waals surface area contributed by atoms with Crippen LogP contribution in [0.4, 0.5) is 5.69 Å². The highest BCUT2D eigenvalue weighted by Crippen LogP contribution is 2.37. The molecule has 6 nitrogen and oxygen atoms in total. The number of anilines is 1. The molecule has 0 spiro atoms. The smallest absolute Gasteiger partial charge is 0.267 e. The van der Waals surface area contributed by atoms with Gasteiger partial charge in [-0.2, -0.15) is 0 Å². The fourth-order valence-electron chi connectivity index (χ4n) is 6.05. The fourth-order valence-corrected chi connectivity index (χ4v) is 10.7. The molecule has 1 N–H and O–H groups in total. The summed E-state index contributed by atoms with van der Waals surface area (Å²) in [7, 11) is -2.52. The van der Waals surface area contributed by atoms with Gasteiger partial charge in [0.1, 0.15) is 5.75 Å². The molecule has 2 heterocycles. The SMILES string of the molecule is CC(C)(C)[Si](OCC1CCN(c2ccc(OC3CCC(=O)NC3=O)cc2)CC1)(c1ccccc1)c1ccccc1. The van der Waals surface area contributed by atoms with Gasteiger partial charge in [-0.3, -0.25) is 14.9 Å². The van der Waals surface area contributed by atoms with Crippen molar-refractivity contribution in [2.45, 2.75) is 57.6 Å². The first-order chi connectivity index (χ1) is 19.3. The van der Waals surface area contributed by atoms with E-state index in [-0.39, 0.29) is 16.9 Å². The number of amides is 2. The highest BCUT2D eigenvalue weighted by atomic mass is 28.4. The molecule has 0 radical (unpaired) electrons. The maximum Gasteiger partial charge on any atom is 0.267 e. The second kappa shape index (κ2) is 12.0. The van der Waals surface area contributed by atoms with Crippen LogP contribution in [0.25, 0.3) is 0 Å². The molecule has 3 aromatic rings. The van der Waals surface area contributed by atoms with E-state index in [4.69, 9.17) is 9.16 Å². The summed E-state index contributed by atoms with van der Waals surface area (Å²) in [6.07, 6.45) is 2.26. The summed E-state index contributed by atoms with van der Waals surface area (Å²) in [5.41, 5.74) is 1.15. The average Bonchev–Trinajstić information content (AvgIpc) is 2.96. The van der Waals surface area contributed by atoms with Crippen LogP contribution < -0.4 is 25.3 Å². The van der Waals surface area contributed by atoms with Crippen LogP contribution in [0.5, 0.6) is 5.75 Å². The van der Waals surface area contributed by atoms with Crippen LogP contribution in [-0.2, 0) is 14.0 Å². The van der Waals surface area contributed by atoms with Gasteiger partial charge in [-0.1, -0.05) is 81.4 Å². The van der Waals surface area contributed by atoms with E-state index >= 15 is 0 Å². The van der Waals surface area contributed by atoms with Crippen LogP contribution in [0.3, 0.4) is 0 Å². The minimum Gasteiger partial charge on any atom is -0.481 e. The van der Waals surface area contributed by atoms with Gasteiger partial charge < -0.3 is 14.1 Å². The molecule has 2 saturated heterocycles. The zero-order chi connectivity index (χ0) is 28.2. The topological polar surface area (TPSA) is 67.9 Å². The maximum absolute atomic E-state index is 12.0. The van der Waals surface area contributed by atoms with Crippen LogP contribution >= 0.6 is 0 Å². The van der Waals surface area contributed by atoms with Gasteiger partial charge in [0.15, 0.2) is 6.10 Å². The van der Waals surface area contributed by atoms with E-state index in [1.807, 2.05) is 12.1 Å². The van der Waals surface area contributed by atoms with Crippen molar-refractivity contribution >= 4 is 36.2 Å². The van der Waals surface area contributed by atoms with E-state index in [0.29, 0.717) is 24.5 Å². The Kier molecular flexibility index (Phi) is 8.42. The van der Waals surface area contributed by atoms with Crippen molar-refractivity contribution < 1.29 is 18.8 Å². The van der Waals surface area contributed by atoms with Crippen molar-refractivity contribution in [3.05, 3.63) is 84.9 Å². The Balaban J connectivity index is 1.22. The summed E-state index contributed by atoms with van der Waals surface area (Å²) >= 11 is 0. The van der Waals surface area contributed by atoms with Crippen LogP contribution in [0.15, 0.2) is 84.9 Å². The lowest BCUT2D eigenvalue weighted by Crippen LogP contribution is -2.67. The van der Waals surface area contributed by atoms with Crippen LogP contribution in [0.2, 0.25) is 5.04 Å². The molecule has 0 saturated carbocycles. The standard InChI is InChI=1S/C33H40N2O4Si/c1-33(2,3)40(28-10-6-4-7-11-28,29-12-8-5-9-13-29)38-24-25-20-22-35(23-21-25)26-14-16-27(17-15-26)39-30-18-19-31(36)34-32(30)37/h4-17,25,30H,18-24H2,1-3H3,(H,34,36,37). The van der Waals surface area contributed by atoms with Gasteiger partial charge in [0, 0.05) is 38.2 Å². The van der Waals surface area contributed by atoms with Gasteiger partial charge >= 0.3 is 0 Å². The first-order valence-electron chi connectivity index (χ1n) is 14.4. The summed E-state index contributed by atoms with van der Waals surface area (Å²) in [6.45, 7) is 9.70. The number of hydrogen-bond acceptors (Lipinski definition) is 5. The predicted molar refractivity (Wildman–Crippen MR) is 162 cm³/mol. The molecule has 1 atom stereocenters. The minimum absolute atomic E-state index is 0.0198. The molecule has 40 heavy (non-hydrogen) atoms. The quantitative estimate of drug-likeness (QED) is 0.323. The lowest BCUT2D eigenvalue weighted by molar-refractivity contribution is -0.138. The largest absolute Gasteiger partial charge is 0.481 e. The molecule has 2 aliphatic heterocycles. The van der Waals surface area contributed by atoms with Crippen LogP contribution in [0, 0.1) is 5.92 Å². The molecule has 0 aromatic heterocycles. The van der Waals surface area contributed by atoms with Crippen molar-refractivity contribution in [2.75, 3.05) is 24.6 Å². The third kappa shape index (κ3) is 6.00. The summed E-state index contributed by atoms with van der Waals surface area (Å²) in [5.74, 6) is 0.558. The normalized spacial score (nSPS) is 18.9. The molecule has 5 rings (SSSR count). The number of nitrogens with zero attached hydrogens (tertiary/aromatic N) is 1. The van der Waals surface area contributed by atoms with Crippen LogP contribution in [0.1, 0.15) is 46.5 Å². The first kappa shape index (κ1) is 28.1. The van der Waals surface area contributed by atoms with Gasteiger partial charge in [-0.25, -0.2) is 0 Å². The number of hydrogen-bond donors (Lipinski definition) is 1. The molecule has 7 heteroatoms. The Labute approximate surface area is 238 Å². The number of rotatable bonds is 8. The number of carbonyl (C=O) groups is 2. The first-order valence-corrected chi connectivity index (χ1v) is 16.3. The number of piperidine rings is 2. The van der Waals surface area contributed by atoms with Crippen molar-refractivity contribution in [3.63, 3.8) is 0 Å². The van der Waals surface area contributed by atoms with E-state index < -0.39 is 14.4 Å². The maximum atomic E-state index is 12.0. The van der Waals surface area contributed by atoms with Gasteiger partial charge in [0.05, 0.1) is 0 Å². The highest BCUT2D eigenvalue weighted by Gasteiger charge is 2.50. The zero-order valence-corrected chi connectivity index (χ0v) is 24.8. The molecule has 2 aliphatic rings. The summed E-state index contributed by atoms with van der Waals surface area (Å²) in [6, 6.07) is 29.6. The third-order valence-electron chi connectivity index (χ3n) is 8.24. The number of ether oxygens (including phenoxy) is 1. The van der Waals surface area contributed by atoms with E-state index in [1.54, 1.807) is 0 Å². The number of carbonyl (C=O) groups excluding carboxylic acids is 2. The summed E-state index contributed by atoms with van der Waals surface area (Å²) in [4.78, 5) is 25.8. The van der Waals surface area contributed by atoms with Crippen molar-refractivity contribution in [2.24, 2.45) is 5.92 Å². The molecule has 2 amide bonds. The third-order valence-corrected chi connectivity index (χ3v) is 13.2. The number of nitrogens with one attached hydrogen (secondary N) is 1. The van der Waals surface area contributed by atoms with Crippen molar-refractivity contribution in [3.8, 4) is 5.75 Å². The van der Waals surface area contributed by atoms with E-state index in [1.165, 1.54) is 10.4 Å². The second-order valence-electron chi connectivity index (χ2n) is 12.0.